The Morgan fingerprint density at radius 3 is 2.53 bits per heavy atom. The Morgan fingerprint density at radius 2 is 1.97 bits per heavy atom. The highest BCUT2D eigenvalue weighted by molar-refractivity contribution is 5.94. The third-order valence-electron chi connectivity index (χ3n) is 5.79. The van der Waals surface area contributed by atoms with E-state index in [1.54, 1.807) is 0 Å². The zero-order valence-electron chi connectivity index (χ0n) is 18.3. The van der Waals surface area contributed by atoms with Crippen LogP contribution in [-0.2, 0) is 25.6 Å². The van der Waals surface area contributed by atoms with Crippen LogP contribution in [0.3, 0.4) is 0 Å². The van der Waals surface area contributed by atoms with E-state index in [4.69, 9.17) is 5.73 Å². The summed E-state index contributed by atoms with van der Waals surface area (Å²) in [6.07, 6.45) is 4.47. The summed E-state index contributed by atoms with van der Waals surface area (Å²) in [7, 11) is 0. The van der Waals surface area contributed by atoms with Gasteiger partial charge in [-0.05, 0) is 18.8 Å². The average molecular weight is 453 g/mol. The molecule has 2 rings (SSSR count). The van der Waals surface area contributed by atoms with Crippen LogP contribution in [-0.4, -0.2) is 86.1 Å². The molecule has 2 heterocycles. The number of nitrogens with zero attached hydrogens (tertiary/aromatic N) is 2. The number of likely N-dealkylation sites (tertiary alicyclic amines) is 1. The van der Waals surface area contributed by atoms with Crippen molar-refractivity contribution in [3.8, 4) is 0 Å². The van der Waals surface area contributed by atoms with Gasteiger partial charge in [0, 0.05) is 24.9 Å². The number of hydrogen-bond donors (Lipinski definition) is 6. The molecule has 32 heavy (non-hydrogen) atoms. The van der Waals surface area contributed by atoms with Crippen molar-refractivity contribution in [3.05, 3.63) is 18.2 Å². The van der Waals surface area contributed by atoms with Crippen LogP contribution >= 0.6 is 0 Å². The molecule has 178 valence electrons. The molecule has 0 spiro atoms. The van der Waals surface area contributed by atoms with E-state index in [1.807, 2.05) is 13.8 Å². The largest absolute Gasteiger partial charge is 0.480 e. The van der Waals surface area contributed by atoms with Crippen LogP contribution in [0.1, 0.15) is 38.8 Å². The molecule has 1 fully saturated rings. The number of carboxylic acid groups (broad SMARTS) is 1. The van der Waals surface area contributed by atoms with Gasteiger partial charge >= 0.3 is 5.97 Å². The summed E-state index contributed by atoms with van der Waals surface area (Å²) >= 11 is 0. The first-order chi connectivity index (χ1) is 15.2. The minimum atomic E-state index is -1.34. The van der Waals surface area contributed by atoms with Crippen LogP contribution in [0.5, 0.6) is 0 Å². The molecule has 0 aromatic carbocycles. The maximum absolute atomic E-state index is 13.0. The predicted octanol–water partition coefficient (Wildman–Crippen LogP) is -1.64. The van der Waals surface area contributed by atoms with E-state index in [1.165, 1.54) is 12.5 Å². The van der Waals surface area contributed by atoms with Crippen LogP contribution in [0.25, 0.3) is 0 Å². The van der Waals surface area contributed by atoms with E-state index >= 15 is 0 Å². The Bertz CT molecular complexity index is 801. The fourth-order valence-corrected chi connectivity index (χ4v) is 3.55. The molecule has 3 amide bonds. The van der Waals surface area contributed by atoms with Gasteiger partial charge < -0.3 is 36.5 Å². The Kier molecular flexibility index (Phi) is 9.14. The zero-order valence-corrected chi connectivity index (χ0v) is 18.3. The summed E-state index contributed by atoms with van der Waals surface area (Å²) in [5, 5.41) is 24.1. The minimum Gasteiger partial charge on any atom is -0.480 e. The Hall–Kier alpha value is -2.99. The van der Waals surface area contributed by atoms with E-state index in [0.29, 0.717) is 25.0 Å². The van der Waals surface area contributed by atoms with Crippen molar-refractivity contribution in [2.75, 3.05) is 13.2 Å². The van der Waals surface area contributed by atoms with Gasteiger partial charge in [-0.1, -0.05) is 20.3 Å². The Labute approximate surface area is 185 Å². The molecule has 0 bridgehead atoms. The number of carboxylic acids is 1. The standard InChI is InChI=1S/C20H32N6O6/c1-3-11(2)16(21)18(29)24-13(7-12-8-22-10-23-12)17(28)25-14(9-27)19(30)26-6-4-5-15(26)20(31)32/h8,10-11,13-16,27H,3-7,9,21H2,1-2H3,(H,22,23)(H,24,29)(H,25,28)(H,31,32). The highest BCUT2D eigenvalue weighted by Gasteiger charge is 2.38. The molecular weight excluding hydrogens is 420 g/mol. The molecule has 0 saturated carbocycles. The number of aliphatic hydroxyl groups excluding tert-OH is 1. The zero-order chi connectivity index (χ0) is 23.8. The third kappa shape index (κ3) is 6.26. The van der Waals surface area contributed by atoms with Crippen LogP contribution in [0, 0.1) is 5.92 Å². The lowest BCUT2D eigenvalue weighted by Gasteiger charge is -2.28. The number of nitrogens with two attached hydrogens (primary N) is 1. The number of amides is 3. The number of rotatable bonds is 11. The Morgan fingerprint density at radius 1 is 1.28 bits per heavy atom. The highest BCUT2D eigenvalue weighted by atomic mass is 16.4. The van der Waals surface area contributed by atoms with Gasteiger partial charge in [0.15, 0.2) is 0 Å². The number of hydrogen-bond acceptors (Lipinski definition) is 7. The number of carbonyl (C=O) groups is 4. The van der Waals surface area contributed by atoms with Gasteiger partial charge in [-0.25, -0.2) is 9.78 Å². The number of aliphatic carboxylic acids is 1. The molecule has 0 aliphatic carbocycles. The third-order valence-corrected chi connectivity index (χ3v) is 5.79. The first kappa shape index (κ1) is 25.3. The SMILES string of the molecule is CCC(C)C(N)C(=O)NC(Cc1cnc[nH]1)C(=O)NC(CO)C(=O)N1CCCC1C(=O)O. The number of nitrogens with one attached hydrogen (secondary N) is 3. The normalized spacial score (nSPS) is 19.6. The van der Waals surface area contributed by atoms with Crippen LogP contribution in [0.15, 0.2) is 12.5 Å². The van der Waals surface area contributed by atoms with E-state index < -0.39 is 54.5 Å². The fraction of sp³-hybridized carbons (Fsp3) is 0.650. The number of H-pyrrole nitrogens is 1. The monoisotopic (exact) mass is 452 g/mol. The second kappa shape index (κ2) is 11.6. The summed E-state index contributed by atoms with van der Waals surface area (Å²) in [5.74, 6) is -3.16. The molecule has 1 aliphatic rings. The molecule has 1 aromatic heterocycles. The average Bonchev–Trinajstić information content (AvgIpc) is 3.47. The number of carbonyl (C=O) groups excluding carboxylic acids is 3. The maximum atomic E-state index is 13.0. The van der Waals surface area contributed by atoms with E-state index in [9.17, 15) is 29.4 Å². The van der Waals surface area contributed by atoms with Crippen LogP contribution < -0.4 is 16.4 Å². The van der Waals surface area contributed by atoms with Gasteiger partial charge in [-0.15, -0.1) is 0 Å². The molecule has 12 nitrogen and oxygen atoms in total. The van der Waals surface area contributed by atoms with Gasteiger partial charge in [0.05, 0.1) is 19.0 Å². The second-order valence-electron chi connectivity index (χ2n) is 8.03. The molecule has 1 aromatic rings. The molecule has 1 saturated heterocycles. The first-order valence-electron chi connectivity index (χ1n) is 10.7. The van der Waals surface area contributed by atoms with E-state index in [2.05, 4.69) is 20.6 Å². The summed E-state index contributed by atoms with van der Waals surface area (Å²) in [4.78, 5) is 57.6. The topological polar surface area (TPSA) is 191 Å². The van der Waals surface area contributed by atoms with Crippen molar-refractivity contribution in [3.63, 3.8) is 0 Å². The molecule has 12 heteroatoms. The van der Waals surface area contributed by atoms with Crippen molar-refractivity contribution in [2.24, 2.45) is 11.7 Å². The Balaban J connectivity index is 2.13. The lowest BCUT2D eigenvalue weighted by Crippen LogP contribution is -2.59. The molecule has 5 atom stereocenters. The maximum Gasteiger partial charge on any atom is 0.326 e. The molecule has 1 aliphatic heterocycles. The van der Waals surface area contributed by atoms with Gasteiger partial charge in [0.25, 0.3) is 0 Å². The van der Waals surface area contributed by atoms with Crippen molar-refractivity contribution < 1.29 is 29.4 Å². The van der Waals surface area contributed by atoms with Crippen LogP contribution in [0.2, 0.25) is 0 Å². The second-order valence-corrected chi connectivity index (χ2v) is 8.03. The minimum absolute atomic E-state index is 0.0542. The highest BCUT2D eigenvalue weighted by Crippen LogP contribution is 2.18. The molecule has 7 N–H and O–H groups in total. The molecule has 5 unspecified atom stereocenters. The fourth-order valence-electron chi connectivity index (χ4n) is 3.55. The van der Waals surface area contributed by atoms with Crippen molar-refractivity contribution in [2.45, 2.75) is 63.7 Å². The van der Waals surface area contributed by atoms with Crippen LogP contribution in [0.4, 0.5) is 0 Å². The summed E-state index contributed by atoms with van der Waals surface area (Å²) in [6, 6.07) is -4.25. The van der Waals surface area contributed by atoms with E-state index in [0.717, 1.165) is 4.90 Å². The van der Waals surface area contributed by atoms with Gasteiger partial charge in [0.1, 0.15) is 18.1 Å². The summed E-state index contributed by atoms with van der Waals surface area (Å²) in [6.45, 7) is 3.22. The van der Waals surface area contributed by atoms with Crippen molar-refractivity contribution in [1.82, 2.24) is 25.5 Å². The lowest BCUT2D eigenvalue weighted by atomic mass is 9.98. The molecular formula is C20H32N6O6. The summed E-state index contributed by atoms with van der Waals surface area (Å²) < 4.78 is 0. The van der Waals surface area contributed by atoms with Crippen molar-refractivity contribution >= 4 is 23.7 Å². The lowest BCUT2D eigenvalue weighted by molar-refractivity contribution is -0.150. The summed E-state index contributed by atoms with van der Waals surface area (Å²) in [5.41, 5.74) is 6.54. The smallest absolute Gasteiger partial charge is 0.326 e. The predicted molar refractivity (Wildman–Crippen MR) is 113 cm³/mol. The quantitative estimate of drug-likeness (QED) is 0.230. The van der Waals surface area contributed by atoms with Gasteiger partial charge in [-0.2, -0.15) is 0 Å². The number of aliphatic hydroxyl groups is 1. The van der Waals surface area contributed by atoms with Gasteiger partial charge in [-0.3, -0.25) is 14.4 Å². The first-order valence-corrected chi connectivity index (χ1v) is 10.7. The number of aromatic amines is 1. The molecule has 0 radical (unpaired) electrons. The van der Waals surface area contributed by atoms with Crippen molar-refractivity contribution in [1.29, 1.82) is 0 Å². The number of aromatic nitrogens is 2. The van der Waals surface area contributed by atoms with E-state index in [-0.39, 0.29) is 18.9 Å². The van der Waals surface area contributed by atoms with Gasteiger partial charge in [0.2, 0.25) is 17.7 Å². The number of imidazole rings is 1.